The molecule has 4 nitrogen and oxygen atoms in total. The summed E-state index contributed by atoms with van der Waals surface area (Å²) >= 11 is 3.45. The van der Waals surface area contributed by atoms with Gasteiger partial charge in [-0.15, -0.1) is 0 Å². The van der Waals surface area contributed by atoms with Gasteiger partial charge in [0, 0.05) is 12.2 Å². The van der Waals surface area contributed by atoms with Crippen LogP contribution < -0.4 is 9.47 Å². The van der Waals surface area contributed by atoms with Gasteiger partial charge in [0.1, 0.15) is 16.0 Å². The summed E-state index contributed by atoms with van der Waals surface area (Å²) in [5.74, 6) is 1.32. The van der Waals surface area contributed by atoms with Crippen LogP contribution in [0.3, 0.4) is 0 Å². The Morgan fingerprint density at radius 2 is 2.20 bits per heavy atom. The number of benzene rings is 1. The van der Waals surface area contributed by atoms with Crippen LogP contribution in [-0.4, -0.2) is 32.0 Å². The number of halogens is 1. The molecule has 0 radical (unpaired) electrons. The quantitative estimate of drug-likeness (QED) is 0.858. The third kappa shape index (κ3) is 3.45. The molecule has 1 aliphatic rings. The fourth-order valence-electron chi connectivity index (χ4n) is 2.55. The van der Waals surface area contributed by atoms with E-state index in [9.17, 15) is 5.11 Å². The Morgan fingerprint density at radius 3 is 2.80 bits per heavy atom. The minimum Gasteiger partial charge on any atom is -0.495 e. The van der Waals surface area contributed by atoms with Crippen LogP contribution in [0.2, 0.25) is 0 Å². The SMILES string of the molecule is COc1ccc(C(O)CCC2CCCO2)c(OC)c1Br. The van der Waals surface area contributed by atoms with Crippen LogP contribution in [0.15, 0.2) is 16.6 Å². The van der Waals surface area contributed by atoms with Crippen molar-refractivity contribution in [2.24, 2.45) is 0 Å². The van der Waals surface area contributed by atoms with Gasteiger partial charge in [-0.25, -0.2) is 0 Å². The molecule has 0 amide bonds. The molecule has 1 aliphatic heterocycles. The van der Waals surface area contributed by atoms with Crippen molar-refractivity contribution in [2.75, 3.05) is 20.8 Å². The standard InChI is InChI=1S/C15H21BrO4/c1-18-13-8-6-11(15(19-2)14(13)16)12(17)7-5-10-4-3-9-20-10/h6,8,10,12,17H,3-5,7,9H2,1-2H3. The molecule has 2 unspecified atom stereocenters. The Balaban J connectivity index is 2.08. The van der Waals surface area contributed by atoms with Crippen LogP contribution in [0.1, 0.15) is 37.4 Å². The topological polar surface area (TPSA) is 47.9 Å². The summed E-state index contributed by atoms with van der Waals surface area (Å²) in [6, 6.07) is 3.68. The second kappa shape index (κ2) is 7.29. The third-order valence-electron chi connectivity index (χ3n) is 3.66. The molecule has 1 heterocycles. The van der Waals surface area contributed by atoms with Crippen LogP contribution in [0.5, 0.6) is 11.5 Å². The Bertz CT molecular complexity index is 444. The molecule has 0 bridgehead atoms. The lowest BCUT2D eigenvalue weighted by atomic mass is 10.0. The van der Waals surface area contributed by atoms with Crippen molar-refractivity contribution < 1.29 is 19.3 Å². The molecular formula is C15H21BrO4. The van der Waals surface area contributed by atoms with Gasteiger partial charge >= 0.3 is 0 Å². The number of methoxy groups -OCH3 is 2. The molecule has 0 aliphatic carbocycles. The summed E-state index contributed by atoms with van der Waals surface area (Å²) in [6.07, 6.45) is 3.48. The number of hydrogen-bond acceptors (Lipinski definition) is 4. The Kier molecular flexibility index (Phi) is 5.69. The summed E-state index contributed by atoms with van der Waals surface area (Å²) in [5.41, 5.74) is 0.776. The largest absolute Gasteiger partial charge is 0.495 e. The molecule has 1 saturated heterocycles. The number of hydrogen-bond donors (Lipinski definition) is 1. The number of aliphatic hydroxyl groups excluding tert-OH is 1. The summed E-state index contributed by atoms with van der Waals surface area (Å²) < 4.78 is 16.9. The Morgan fingerprint density at radius 1 is 1.40 bits per heavy atom. The lowest BCUT2D eigenvalue weighted by molar-refractivity contribution is 0.0805. The van der Waals surface area contributed by atoms with Gasteiger partial charge in [0.25, 0.3) is 0 Å². The summed E-state index contributed by atoms with van der Waals surface area (Å²) in [6.45, 7) is 0.845. The third-order valence-corrected chi connectivity index (χ3v) is 4.41. The summed E-state index contributed by atoms with van der Waals surface area (Å²) in [7, 11) is 3.20. The molecule has 0 spiro atoms. The van der Waals surface area contributed by atoms with E-state index in [1.54, 1.807) is 14.2 Å². The minimum absolute atomic E-state index is 0.289. The van der Waals surface area contributed by atoms with E-state index in [-0.39, 0.29) is 6.10 Å². The minimum atomic E-state index is -0.559. The zero-order valence-electron chi connectivity index (χ0n) is 11.9. The van der Waals surface area contributed by atoms with Crippen LogP contribution in [-0.2, 0) is 4.74 Å². The van der Waals surface area contributed by atoms with Crippen LogP contribution >= 0.6 is 15.9 Å². The van der Waals surface area contributed by atoms with E-state index in [0.29, 0.717) is 17.9 Å². The molecule has 0 aromatic heterocycles. The molecule has 112 valence electrons. The molecule has 20 heavy (non-hydrogen) atoms. The second-order valence-corrected chi connectivity index (χ2v) is 5.73. The Hall–Kier alpha value is -0.780. The fourth-order valence-corrected chi connectivity index (χ4v) is 3.24. The monoisotopic (exact) mass is 344 g/mol. The van der Waals surface area contributed by atoms with Gasteiger partial charge in [0.05, 0.1) is 26.4 Å². The summed E-state index contributed by atoms with van der Waals surface area (Å²) in [5, 5.41) is 10.4. The van der Waals surface area contributed by atoms with Gasteiger partial charge < -0.3 is 19.3 Å². The highest BCUT2D eigenvalue weighted by Gasteiger charge is 2.21. The van der Waals surface area contributed by atoms with E-state index in [1.807, 2.05) is 12.1 Å². The maximum absolute atomic E-state index is 10.4. The average molecular weight is 345 g/mol. The maximum atomic E-state index is 10.4. The van der Waals surface area contributed by atoms with E-state index < -0.39 is 6.10 Å². The van der Waals surface area contributed by atoms with E-state index in [2.05, 4.69) is 15.9 Å². The predicted molar refractivity (Wildman–Crippen MR) is 80.4 cm³/mol. The maximum Gasteiger partial charge on any atom is 0.142 e. The zero-order valence-corrected chi connectivity index (χ0v) is 13.5. The predicted octanol–water partition coefficient (Wildman–Crippen LogP) is 3.46. The van der Waals surface area contributed by atoms with E-state index in [0.717, 1.165) is 35.9 Å². The van der Waals surface area contributed by atoms with Crippen LogP contribution in [0.25, 0.3) is 0 Å². The molecule has 0 saturated carbocycles. The van der Waals surface area contributed by atoms with Crippen LogP contribution in [0.4, 0.5) is 0 Å². The molecule has 2 atom stereocenters. The van der Waals surface area contributed by atoms with Gasteiger partial charge in [-0.1, -0.05) is 0 Å². The molecule has 5 heteroatoms. The number of ether oxygens (including phenoxy) is 3. The van der Waals surface area contributed by atoms with Gasteiger partial charge in [-0.3, -0.25) is 0 Å². The van der Waals surface area contributed by atoms with Crippen molar-refractivity contribution >= 4 is 15.9 Å². The molecule has 1 aromatic rings. The highest BCUT2D eigenvalue weighted by Crippen LogP contribution is 2.40. The van der Waals surface area contributed by atoms with Crippen molar-refractivity contribution in [3.63, 3.8) is 0 Å². The molecular weight excluding hydrogens is 324 g/mol. The first kappa shape index (κ1) is 15.6. The normalized spacial score (nSPS) is 19.9. The zero-order chi connectivity index (χ0) is 14.5. The second-order valence-electron chi connectivity index (χ2n) is 4.93. The number of rotatable bonds is 6. The molecule has 1 aromatic carbocycles. The lowest BCUT2D eigenvalue weighted by Gasteiger charge is -2.18. The molecule has 2 rings (SSSR count). The van der Waals surface area contributed by atoms with Crippen molar-refractivity contribution in [2.45, 2.75) is 37.9 Å². The van der Waals surface area contributed by atoms with E-state index >= 15 is 0 Å². The smallest absolute Gasteiger partial charge is 0.142 e. The average Bonchev–Trinajstić information content (AvgIpc) is 2.97. The number of aliphatic hydroxyl groups is 1. The van der Waals surface area contributed by atoms with Gasteiger partial charge in [0.2, 0.25) is 0 Å². The highest BCUT2D eigenvalue weighted by atomic mass is 79.9. The van der Waals surface area contributed by atoms with Gasteiger partial charge in [-0.05, 0) is 53.7 Å². The molecule has 1 N–H and O–H groups in total. The highest BCUT2D eigenvalue weighted by molar-refractivity contribution is 9.10. The van der Waals surface area contributed by atoms with Gasteiger partial charge in [0.15, 0.2) is 0 Å². The van der Waals surface area contributed by atoms with E-state index in [4.69, 9.17) is 14.2 Å². The van der Waals surface area contributed by atoms with Crippen molar-refractivity contribution in [3.8, 4) is 11.5 Å². The summed E-state index contributed by atoms with van der Waals surface area (Å²) in [4.78, 5) is 0. The van der Waals surface area contributed by atoms with Crippen molar-refractivity contribution in [1.29, 1.82) is 0 Å². The fraction of sp³-hybridized carbons (Fsp3) is 0.600. The Labute approximate surface area is 128 Å². The van der Waals surface area contributed by atoms with E-state index in [1.165, 1.54) is 0 Å². The van der Waals surface area contributed by atoms with Crippen molar-refractivity contribution in [1.82, 2.24) is 0 Å². The molecule has 1 fully saturated rings. The van der Waals surface area contributed by atoms with Crippen LogP contribution in [0, 0.1) is 0 Å². The first-order valence-corrected chi connectivity index (χ1v) is 7.66. The lowest BCUT2D eigenvalue weighted by Crippen LogP contribution is -2.09. The first-order chi connectivity index (χ1) is 9.67. The van der Waals surface area contributed by atoms with Gasteiger partial charge in [-0.2, -0.15) is 0 Å². The first-order valence-electron chi connectivity index (χ1n) is 6.87. The van der Waals surface area contributed by atoms with Crippen molar-refractivity contribution in [3.05, 3.63) is 22.2 Å².